The summed E-state index contributed by atoms with van der Waals surface area (Å²) in [5.74, 6) is -0.635. The summed E-state index contributed by atoms with van der Waals surface area (Å²) in [6, 6.07) is 9.63. The third-order valence-corrected chi connectivity index (χ3v) is 5.38. The SMILES string of the molecule is C[C@@H](NC(=O)[C@@H]1CCCN(C(=O)c2cccs2)C1)c1cccc(F)c1. The highest BCUT2D eigenvalue weighted by Gasteiger charge is 2.29. The molecule has 2 amide bonds. The number of hydrogen-bond acceptors (Lipinski definition) is 3. The summed E-state index contributed by atoms with van der Waals surface area (Å²) >= 11 is 1.42. The van der Waals surface area contributed by atoms with E-state index in [4.69, 9.17) is 0 Å². The molecule has 0 radical (unpaired) electrons. The van der Waals surface area contributed by atoms with Gasteiger partial charge in [-0.25, -0.2) is 4.39 Å². The molecule has 4 nitrogen and oxygen atoms in total. The number of hydrogen-bond donors (Lipinski definition) is 1. The van der Waals surface area contributed by atoms with Crippen LogP contribution in [0, 0.1) is 11.7 Å². The Morgan fingerprint density at radius 2 is 2.16 bits per heavy atom. The molecule has 1 saturated heterocycles. The van der Waals surface area contributed by atoms with Gasteiger partial charge in [-0.15, -0.1) is 11.3 Å². The summed E-state index contributed by atoms with van der Waals surface area (Å²) in [4.78, 5) is 27.5. The Hall–Kier alpha value is -2.21. The van der Waals surface area contributed by atoms with E-state index < -0.39 is 0 Å². The second kappa shape index (κ2) is 7.78. The Morgan fingerprint density at radius 3 is 2.88 bits per heavy atom. The van der Waals surface area contributed by atoms with Crippen LogP contribution in [0.15, 0.2) is 41.8 Å². The molecule has 1 aliphatic rings. The number of piperidine rings is 1. The molecule has 1 N–H and O–H groups in total. The monoisotopic (exact) mass is 360 g/mol. The average molecular weight is 360 g/mol. The maximum absolute atomic E-state index is 13.3. The van der Waals surface area contributed by atoms with Crippen molar-refractivity contribution in [2.45, 2.75) is 25.8 Å². The summed E-state index contributed by atoms with van der Waals surface area (Å²) in [6.07, 6.45) is 1.57. The van der Waals surface area contributed by atoms with Crippen LogP contribution in [-0.2, 0) is 4.79 Å². The molecule has 2 heterocycles. The van der Waals surface area contributed by atoms with Crippen LogP contribution in [0.4, 0.5) is 4.39 Å². The smallest absolute Gasteiger partial charge is 0.263 e. The van der Waals surface area contributed by atoms with Crippen LogP contribution in [0.1, 0.15) is 41.0 Å². The van der Waals surface area contributed by atoms with E-state index in [-0.39, 0.29) is 29.6 Å². The lowest BCUT2D eigenvalue weighted by Gasteiger charge is -2.32. The van der Waals surface area contributed by atoms with E-state index in [0.717, 1.165) is 18.4 Å². The van der Waals surface area contributed by atoms with E-state index in [1.54, 1.807) is 17.0 Å². The Morgan fingerprint density at radius 1 is 1.32 bits per heavy atom. The molecule has 1 aliphatic heterocycles. The van der Waals surface area contributed by atoms with Crippen LogP contribution in [0.25, 0.3) is 0 Å². The van der Waals surface area contributed by atoms with Crippen molar-refractivity contribution in [1.29, 1.82) is 0 Å². The van der Waals surface area contributed by atoms with Gasteiger partial charge in [0.15, 0.2) is 0 Å². The number of carbonyl (C=O) groups is 2. The van der Waals surface area contributed by atoms with Gasteiger partial charge in [0.05, 0.1) is 16.8 Å². The molecule has 2 atom stereocenters. The first-order chi connectivity index (χ1) is 12.0. The molecule has 1 aromatic heterocycles. The number of likely N-dealkylation sites (tertiary alicyclic amines) is 1. The number of halogens is 1. The highest BCUT2D eigenvalue weighted by Crippen LogP contribution is 2.22. The maximum atomic E-state index is 13.3. The van der Waals surface area contributed by atoms with Gasteiger partial charge in [0.1, 0.15) is 5.82 Å². The number of thiophene rings is 1. The zero-order valence-electron chi connectivity index (χ0n) is 14.1. The fourth-order valence-corrected chi connectivity index (χ4v) is 3.81. The second-order valence-electron chi connectivity index (χ2n) is 6.35. The first-order valence-corrected chi connectivity index (χ1v) is 9.31. The van der Waals surface area contributed by atoms with Crippen LogP contribution in [0.2, 0.25) is 0 Å². The van der Waals surface area contributed by atoms with E-state index in [1.807, 2.05) is 24.4 Å². The topological polar surface area (TPSA) is 49.4 Å². The Balaban J connectivity index is 1.61. The van der Waals surface area contributed by atoms with Crippen molar-refractivity contribution < 1.29 is 14.0 Å². The predicted octanol–water partition coefficient (Wildman–Crippen LogP) is 3.62. The zero-order chi connectivity index (χ0) is 17.8. The van der Waals surface area contributed by atoms with Crippen LogP contribution < -0.4 is 5.32 Å². The van der Waals surface area contributed by atoms with Crippen molar-refractivity contribution >= 4 is 23.2 Å². The molecule has 132 valence electrons. The van der Waals surface area contributed by atoms with Gasteiger partial charge in [-0.05, 0) is 48.9 Å². The van der Waals surface area contributed by atoms with Gasteiger partial charge in [-0.2, -0.15) is 0 Å². The molecule has 6 heteroatoms. The average Bonchev–Trinajstić information content (AvgIpc) is 3.15. The highest BCUT2D eigenvalue weighted by molar-refractivity contribution is 7.12. The quantitative estimate of drug-likeness (QED) is 0.905. The van der Waals surface area contributed by atoms with Crippen molar-refractivity contribution in [1.82, 2.24) is 10.2 Å². The fourth-order valence-electron chi connectivity index (χ4n) is 3.12. The van der Waals surface area contributed by atoms with Gasteiger partial charge in [-0.3, -0.25) is 9.59 Å². The van der Waals surface area contributed by atoms with E-state index in [9.17, 15) is 14.0 Å². The molecule has 1 fully saturated rings. The zero-order valence-corrected chi connectivity index (χ0v) is 14.9. The molecular formula is C19H21FN2O2S. The van der Waals surface area contributed by atoms with Crippen molar-refractivity contribution in [3.8, 4) is 0 Å². The number of nitrogens with one attached hydrogen (secondary N) is 1. The van der Waals surface area contributed by atoms with Crippen molar-refractivity contribution in [3.05, 3.63) is 58.0 Å². The van der Waals surface area contributed by atoms with Crippen molar-refractivity contribution in [2.75, 3.05) is 13.1 Å². The molecule has 0 spiro atoms. The standard InChI is InChI=1S/C19H21FN2O2S/c1-13(14-5-2-7-16(20)11-14)21-18(23)15-6-3-9-22(12-15)19(24)17-8-4-10-25-17/h2,4-5,7-8,10-11,13,15H,3,6,9,12H2,1H3,(H,21,23)/t13-,15-/m1/s1. The largest absolute Gasteiger partial charge is 0.349 e. The first-order valence-electron chi connectivity index (χ1n) is 8.43. The second-order valence-corrected chi connectivity index (χ2v) is 7.30. The molecule has 0 bridgehead atoms. The lowest BCUT2D eigenvalue weighted by atomic mass is 9.96. The van der Waals surface area contributed by atoms with Gasteiger partial charge >= 0.3 is 0 Å². The van der Waals surface area contributed by atoms with E-state index in [2.05, 4.69) is 5.32 Å². The molecular weight excluding hydrogens is 339 g/mol. The molecule has 0 saturated carbocycles. The van der Waals surface area contributed by atoms with Gasteiger partial charge in [0, 0.05) is 13.1 Å². The molecule has 1 aromatic carbocycles. The van der Waals surface area contributed by atoms with E-state index >= 15 is 0 Å². The van der Waals surface area contributed by atoms with Gasteiger partial charge in [-0.1, -0.05) is 18.2 Å². The summed E-state index contributed by atoms with van der Waals surface area (Å²) in [7, 11) is 0. The first kappa shape index (κ1) is 17.6. The van der Waals surface area contributed by atoms with Crippen LogP contribution >= 0.6 is 11.3 Å². The summed E-state index contributed by atoms with van der Waals surface area (Å²) in [5.41, 5.74) is 0.732. The minimum absolute atomic E-state index is 0.00863. The van der Waals surface area contributed by atoms with Gasteiger partial charge in [0.25, 0.3) is 5.91 Å². The fraction of sp³-hybridized carbons (Fsp3) is 0.368. The van der Waals surface area contributed by atoms with E-state index in [1.165, 1.54) is 23.5 Å². The Kier molecular flexibility index (Phi) is 5.48. The maximum Gasteiger partial charge on any atom is 0.263 e. The van der Waals surface area contributed by atoms with Crippen LogP contribution in [-0.4, -0.2) is 29.8 Å². The number of carbonyl (C=O) groups excluding carboxylic acids is 2. The van der Waals surface area contributed by atoms with Crippen molar-refractivity contribution in [3.63, 3.8) is 0 Å². The van der Waals surface area contributed by atoms with Gasteiger partial charge < -0.3 is 10.2 Å². The normalized spacial score (nSPS) is 18.6. The lowest BCUT2D eigenvalue weighted by Crippen LogP contribution is -2.45. The summed E-state index contributed by atoms with van der Waals surface area (Å²) in [6.45, 7) is 2.95. The molecule has 2 aromatic rings. The third kappa shape index (κ3) is 4.25. The molecule has 0 aliphatic carbocycles. The molecule has 3 rings (SSSR count). The number of nitrogens with zero attached hydrogens (tertiary/aromatic N) is 1. The highest BCUT2D eigenvalue weighted by atomic mass is 32.1. The predicted molar refractivity (Wildman–Crippen MR) is 95.9 cm³/mol. The van der Waals surface area contributed by atoms with Crippen LogP contribution in [0.3, 0.4) is 0 Å². The summed E-state index contributed by atoms with van der Waals surface area (Å²) < 4.78 is 13.3. The van der Waals surface area contributed by atoms with Crippen LogP contribution in [0.5, 0.6) is 0 Å². The van der Waals surface area contributed by atoms with E-state index in [0.29, 0.717) is 18.0 Å². The number of amides is 2. The Labute approximate surface area is 150 Å². The molecule has 0 unspecified atom stereocenters. The minimum Gasteiger partial charge on any atom is -0.349 e. The lowest BCUT2D eigenvalue weighted by molar-refractivity contribution is -0.127. The minimum atomic E-state index is -0.316. The van der Waals surface area contributed by atoms with Crippen molar-refractivity contribution in [2.24, 2.45) is 5.92 Å². The third-order valence-electron chi connectivity index (χ3n) is 4.52. The van der Waals surface area contributed by atoms with Gasteiger partial charge in [0.2, 0.25) is 5.91 Å². The molecule has 25 heavy (non-hydrogen) atoms. The Bertz CT molecular complexity index is 748. The number of rotatable bonds is 4. The number of benzene rings is 1. The summed E-state index contributed by atoms with van der Waals surface area (Å²) in [5, 5.41) is 4.82.